The molecule has 6 nitrogen and oxygen atoms in total. The van der Waals surface area contributed by atoms with Crippen molar-refractivity contribution in [3.8, 4) is 0 Å². The number of anilines is 1. The van der Waals surface area contributed by atoms with Gasteiger partial charge in [0.2, 0.25) is 5.91 Å². The average Bonchev–Trinajstić information content (AvgIpc) is 2.90. The number of thiazole rings is 1. The highest BCUT2D eigenvalue weighted by molar-refractivity contribution is 14.0. The van der Waals surface area contributed by atoms with Gasteiger partial charge in [0.25, 0.3) is 0 Å². The summed E-state index contributed by atoms with van der Waals surface area (Å²) in [4.78, 5) is 21.7. The second-order valence-corrected chi connectivity index (χ2v) is 7.60. The fourth-order valence-electron chi connectivity index (χ4n) is 2.17. The number of carbonyl (C=O) groups excluding carboxylic acids is 1. The number of carbonyl (C=O) groups is 1. The Labute approximate surface area is 183 Å². The summed E-state index contributed by atoms with van der Waals surface area (Å²) in [5, 5.41) is 10.3. The zero-order chi connectivity index (χ0) is 18.2. The maximum atomic E-state index is 12.0. The van der Waals surface area contributed by atoms with Crippen LogP contribution in [0.3, 0.4) is 0 Å². The summed E-state index contributed by atoms with van der Waals surface area (Å²) in [6, 6.07) is 7.50. The smallest absolute Gasteiger partial charge is 0.226 e. The number of guanidine groups is 1. The van der Waals surface area contributed by atoms with E-state index in [0.717, 1.165) is 20.9 Å². The van der Waals surface area contributed by atoms with Crippen LogP contribution in [0.25, 0.3) is 0 Å². The molecule has 2 aromatic rings. The molecule has 3 N–H and O–H groups in total. The highest BCUT2D eigenvalue weighted by atomic mass is 127. The number of nitrogens with zero attached hydrogens (tertiary/aromatic N) is 2. The molecule has 0 bridgehead atoms. The molecule has 1 amide bonds. The van der Waals surface area contributed by atoms with Gasteiger partial charge >= 0.3 is 0 Å². The van der Waals surface area contributed by atoms with Crippen LogP contribution < -0.4 is 16.0 Å². The molecule has 9 heteroatoms. The van der Waals surface area contributed by atoms with Crippen molar-refractivity contribution in [1.82, 2.24) is 15.6 Å². The van der Waals surface area contributed by atoms with Gasteiger partial charge in [-0.1, -0.05) is 15.9 Å². The van der Waals surface area contributed by atoms with Crippen molar-refractivity contribution in [2.24, 2.45) is 4.99 Å². The molecule has 0 saturated heterocycles. The third-order valence-corrected chi connectivity index (χ3v) is 5.01. The summed E-state index contributed by atoms with van der Waals surface area (Å²) in [6.45, 7) is 5.17. The lowest BCUT2D eigenvalue weighted by atomic mass is 10.3. The fourth-order valence-corrected chi connectivity index (χ4v) is 3.31. The SMILES string of the molecule is CN=C(NCCC(=O)Nc1ccc(Br)cc1)NCc1sc(C)nc1C.I. The number of halogens is 2. The monoisotopic (exact) mass is 551 g/mol. The van der Waals surface area contributed by atoms with Gasteiger partial charge in [-0.25, -0.2) is 4.98 Å². The zero-order valence-electron chi connectivity index (χ0n) is 14.9. The van der Waals surface area contributed by atoms with Gasteiger partial charge in [0.05, 0.1) is 17.2 Å². The van der Waals surface area contributed by atoms with Crippen molar-refractivity contribution in [3.63, 3.8) is 0 Å². The van der Waals surface area contributed by atoms with Gasteiger partial charge in [-0.05, 0) is 38.1 Å². The summed E-state index contributed by atoms with van der Waals surface area (Å²) in [7, 11) is 1.71. The Morgan fingerprint density at radius 3 is 2.50 bits per heavy atom. The Bertz CT molecular complexity index is 748. The standard InChI is InChI=1S/C17H22BrN5OS.HI/c1-11-15(25-12(2)22-11)10-21-17(19-3)20-9-8-16(24)23-14-6-4-13(18)5-7-14;/h4-7H,8-10H2,1-3H3,(H,23,24)(H2,19,20,21);1H. The summed E-state index contributed by atoms with van der Waals surface area (Å²) in [5.41, 5.74) is 1.83. The lowest BCUT2D eigenvalue weighted by Crippen LogP contribution is -2.38. The highest BCUT2D eigenvalue weighted by Crippen LogP contribution is 2.16. The molecule has 1 aromatic carbocycles. The minimum absolute atomic E-state index is 0. The molecule has 142 valence electrons. The molecule has 1 heterocycles. The lowest BCUT2D eigenvalue weighted by Gasteiger charge is -2.11. The Balaban J connectivity index is 0.00000338. The van der Waals surface area contributed by atoms with Crippen LogP contribution in [0, 0.1) is 13.8 Å². The molecule has 0 fully saturated rings. The number of hydrogen-bond acceptors (Lipinski definition) is 4. The van der Waals surface area contributed by atoms with E-state index in [1.54, 1.807) is 18.4 Å². The second kappa shape index (κ2) is 11.5. The van der Waals surface area contributed by atoms with Gasteiger partial charge in [-0.3, -0.25) is 9.79 Å². The van der Waals surface area contributed by atoms with Crippen LogP contribution in [-0.2, 0) is 11.3 Å². The van der Waals surface area contributed by atoms with E-state index in [2.05, 4.69) is 41.9 Å². The Hall–Kier alpha value is -1.20. The van der Waals surface area contributed by atoms with Gasteiger partial charge in [-0.15, -0.1) is 35.3 Å². The van der Waals surface area contributed by atoms with Crippen LogP contribution >= 0.6 is 51.2 Å². The Morgan fingerprint density at radius 1 is 1.23 bits per heavy atom. The third-order valence-electron chi connectivity index (χ3n) is 3.41. The number of benzene rings is 1. The van der Waals surface area contributed by atoms with Crippen molar-refractivity contribution in [2.45, 2.75) is 26.8 Å². The van der Waals surface area contributed by atoms with E-state index in [-0.39, 0.29) is 29.9 Å². The number of rotatable bonds is 6. The maximum absolute atomic E-state index is 12.0. The number of nitrogens with one attached hydrogen (secondary N) is 3. The first-order valence-corrected chi connectivity index (χ1v) is 9.51. The summed E-state index contributed by atoms with van der Waals surface area (Å²) in [5.74, 6) is 0.626. The molecular formula is C17H23BrIN5OS. The molecule has 0 saturated carbocycles. The summed E-state index contributed by atoms with van der Waals surface area (Å²) < 4.78 is 0.980. The quantitative estimate of drug-likeness (QED) is 0.289. The Kier molecular flexibility index (Phi) is 10.1. The predicted octanol–water partition coefficient (Wildman–Crippen LogP) is 3.83. The molecule has 0 aliphatic carbocycles. The van der Waals surface area contributed by atoms with Crippen LogP contribution in [0.4, 0.5) is 5.69 Å². The van der Waals surface area contributed by atoms with Crippen molar-refractivity contribution in [1.29, 1.82) is 0 Å². The van der Waals surface area contributed by atoms with Crippen molar-refractivity contribution < 1.29 is 4.79 Å². The van der Waals surface area contributed by atoms with Gasteiger partial charge in [-0.2, -0.15) is 0 Å². The van der Waals surface area contributed by atoms with E-state index in [9.17, 15) is 4.79 Å². The van der Waals surface area contributed by atoms with E-state index in [1.165, 1.54) is 4.88 Å². The van der Waals surface area contributed by atoms with Crippen LogP contribution in [0.15, 0.2) is 33.7 Å². The summed E-state index contributed by atoms with van der Waals surface area (Å²) >= 11 is 5.04. The molecule has 0 spiro atoms. The minimum atomic E-state index is -0.0424. The van der Waals surface area contributed by atoms with Crippen molar-refractivity contribution in [2.75, 3.05) is 18.9 Å². The fraction of sp³-hybridized carbons (Fsp3) is 0.353. The molecule has 0 radical (unpaired) electrons. The molecule has 0 atom stereocenters. The van der Waals surface area contributed by atoms with Gasteiger partial charge in [0.1, 0.15) is 0 Å². The van der Waals surface area contributed by atoms with Crippen LogP contribution in [0.1, 0.15) is 22.0 Å². The lowest BCUT2D eigenvalue weighted by molar-refractivity contribution is -0.116. The van der Waals surface area contributed by atoms with E-state index in [0.29, 0.717) is 25.5 Å². The number of aliphatic imine (C=N–C) groups is 1. The molecular weight excluding hydrogens is 529 g/mol. The van der Waals surface area contributed by atoms with E-state index < -0.39 is 0 Å². The van der Waals surface area contributed by atoms with E-state index in [1.807, 2.05) is 38.1 Å². The average molecular weight is 552 g/mol. The molecule has 0 unspecified atom stereocenters. The predicted molar refractivity (Wildman–Crippen MR) is 123 cm³/mol. The van der Waals surface area contributed by atoms with Crippen LogP contribution in [-0.4, -0.2) is 30.4 Å². The maximum Gasteiger partial charge on any atom is 0.226 e. The third kappa shape index (κ3) is 7.58. The molecule has 2 rings (SSSR count). The number of amides is 1. The second-order valence-electron chi connectivity index (χ2n) is 5.40. The number of aryl methyl sites for hydroxylation is 2. The van der Waals surface area contributed by atoms with E-state index >= 15 is 0 Å². The van der Waals surface area contributed by atoms with Gasteiger partial charge < -0.3 is 16.0 Å². The molecule has 26 heavy (non-hydrogen) atoms. The normalized spacial score (nSPS) is 10.8. The number of aromatic nitrogens is 1. The van der Waals surface area contributed by atoms with Gasteiger partial charge in [0, 0.05) is 35.1 Å². The van der Waals surface area contributed by atoms with E-state index in [4.69, 9.17) is 0 Å². The topological polar surface area (TPSA) is 78.4 Å². The molecule has 0 aliphatic heterocycles. The largest absolute Gasteiger partial charge is 0.356 e. The minimum Gasteiger partial charge on any atom is -0.356 e. The molecule has 1 aromatic heterocycles. The zero-order valence-corrected chi connectivity index (χ0v) is 19.7. The van der Waals surface area contributed by atoms with Crippen LogP contribution in [0.2, 0.25) is 0 Å². The number of hydrogen-bond donors (Lipinski definition) is 3. The first-order valence-electron chi connectivity index (χ1n) is 7.90. The van der Waals surface area contributed by atoms with Crippen molar-refractivity contribution >= 4 is 68.8 Å². The molecule has 0 aliphatic rings. The van der Waals surface area contributed by atoms with Crippen molar-refractivity contribution in [3.05, 3.63) is 44.3 Å². The van der Waals surface area contributed by atoms with Gasteiger partial charge in [0.15, 0.2) is 5.96 Å². The highest BCUT2D eigenvalue weighted by Gasteiger charge is 2.07. The summed E-state index contributed by atoms with van der Waals surface area (Å²) in [6.07, 6.45) is 0.357. The first-order chi connectivity index (χ1) is 12.0. The Morgan fingerprint density at radius 2 is 1.92 bits per heavy atom. The van der Waals surface area contributed by atoms with Crippen LogP contribution in [0.5, 0.6) is 0 Å². The first kappa shape index (κ1) is 22.8.